The molecule has 1 aliphatic heterocycles. The Bertz CT molecular complexity index is 665. The van der Waals surface area contributed by atoms with E-state index in [9.17, 15) is 24.4 Å². The average molecular weight is 325 g/mol. The van der Waals surface area contributed by atoms with Crippen molar-refractivity contribution in [3.8, 4) is 0 Å². The maximum Gasteiger partial charge on any atom is 0.469 e. The molecule has 1 aliphatic rings. The minimum atomic E-state index is -4.78. The van der Waals surface area contributed by atoms with Crippen LogP contribution < -0.4 is 11.2 Å². The SMILES string of the molecule is O=c1cnn([C@@H]2O[C@@H](COP(=O)(O)O)[C@@H](O)[C@H]2O)c(=O)[nH]1. The van der Waals surface area contributed by atoms with Crippen molar-refractivity contribution in [1.82, 2.24) is 14.8 Å². The van der Waals surface area contributed by atoms with E-state index < -0.39 is 50.2 Å². The second-order valence-electron chi connectivity index (χ2n) is 4.22. The molecule has 12 nitrogen and oxygen atoms in total. The number of aromatic nitrogens is 3. The highest BCUT2D eigenvalue weighted by Crippen LogP contribution is 2.38. The van der Waals surface area contributed by atoms with Crippen molar-refractivity contribution in [1.29, 1.82) is 0 Å². The molecule has 0 aromatic carbocycles. The van der Waals surface area contributed by atoms with Crippen LogP contribution >= 0.6 is 7.82 Å². The van der Waals surface area contributed by atoms with Crippen molar-refractivity contribution in [2.75, 3.05) is 6.61 Å². The van der Waals surface area contributed by atoms with E-state index in [1.54, 1.807) is 0 Å². The summed E-state index contributed by atoms with van der Waals surface area (Å²) in [6.45, 7) is -0.711. The standard InChI is InChI=1S/C8H12N3O9P/c12-4-1-9-11(8(15)10-4)7-6(14)5(13)3(20-7)2-19-21(16,17)18/h1,3,5-7,13-14H,2H2,(H,10,12,15)(H2,16,17,18)/t3-,5+,6+,7+/m0/s1. The van der Waals surface area contributed by atoms with E-state index in [0.29, 0.717) is 4.68 Å². The summed E-state index contributed by atoms with van der Waals surface area (Å²) in [7, 11) is -4.78. The molecule has 5 N–H and O–H groups in total. The molecule has 1 aromatic heterocycles. The molecule has 0 amide bonds. The molecule has 1 saturated heterocycles. The summed E-state index contributed by atoms with van der Waals surface area (Å²) in [6.07, 6.45) is -5.13. The normalized spacial score (nSPS) is 29.7. The van der Waals surface area contributed by atoms with Crippen molar-refractivity contribution in [3.63, 3.8) is 0 Å². The monoisotopic (exact) mass is 325 g/mol. The van der Waals surface area contributed by atoms with Crippen LogP contribution in [0.5, 0.6) is 0 Å². The summed E-state index contributed by atoms with van der Waals surface area (Å²) in [5.41, 5.74) is -1.74. The van der Waals surface area contributed by atoms with Gasteiger partial charge in [-0.3, -0.25) is 14.3 Å². The van der Waals surface area contributed by atoms with Crippen molar-refractivity contribution >= 4 is 7.82 Å². The number of rotatable bonds is 4. The molecule has 1 aromatic rings. The van der Waals surface area contributed by atoms with Crippen LogP contribution in [0.25, 0.3) is 0 Å². The molecule has 0 radical (unpaired) electrons. The molecule has 4 atom stereocenters. The lowest BCUT2D eigenvalue weighted by Crippen LogP contribution is -2.39. The van der Waals surface area contributed by atoms with E-state index in [0.717, 1.165) is 6.20 Å². The third kappa shape index (κ3) is 3.63. The first-order valence-corrected chi connectivity index (χ1v) is 7.12. The summed E-state index contributed by atoms with van der Waals surface area (Å²) in [5.74, 6) is 0. The molecule has 0 aliphatic carbocycles. The van der Waals surface area contributed by atoms with Crippen molar-refractivity contribution in [3.05, 3.63) is 27.0 Å². The van der Waals surface area contributed by atoms with E-state index in [1.165, 1.54) is 0 Å². The van der Waals surface area contributed by atoms with Gasteiger partial charge in [-0.25, -0.2) is 9.36 Å². The fourth-order valence-corrected chi connectivity index (χ4v) is 2.12. The van der Waals surface area contributed by atoms with Gasteiger partial charge >= 0.3 is 13.5 Å². The second-order valence-corrected chi connectivity index (χ2v) is 5.46. The predicted molar refractivity (Wildman–Crippen MR) is 63.0 cm³/mol. The van der Waals surface area contributed by atoms with Gasteiger partial charge in [0.15, 0.2) is 6.23 Å². The Morgan fingerprint density at radius 2 is 2.05 bits per heavy atom. The largest absolute Gasteiger partial charge is 0.469 e. The lowest BCUT2D eigenvalue weighted by atomic mass is 10.1. The van der Waals surface area contributed by atoms with E-state index >= 15 is 0 Å². The Hall–Kier alpha value is -1.40. The lowest BCUT2D eigenvalue weighted by molar-refractivity contribution is -0.0610. The van der Waals surface area contributed by atoms with Crippen LogP contribution in [0.2, 0.25) is 0 Å². The summed E-state index contributed by atoms with van der Waals surface area (Å²) >= 11 is 0. The lowest BCUT2D eigenvalue weighted by Gasteiger charge is -2.15. The van der Waals surface area contributed by atoms with Gasteiger partial charge in [0.05, 0.1) is 6.61 Å². The maximum atomic E-state index is 11.5. The van der Waals surface area contributed by atoms with Gasteiger partial charge in [0.25, 0.3) is 5.56 Å². The fraction of sp³-hybridized carbons (Fsp3) is 0.625. The van der Waals surface area contributed by atoms with E-state index in [-0.39, 0.29) is 0 Å². The molecular formula is C8H12N3O9P. The van der Waals surface area contributed by atoms with Crippen LogP contribution in [-0.2, 0) is 13.8 Å². The molecule has 0 unspecified atom stereocenters. The highest BCUT2D eigenvalue weighted by atomic mass is 31.2. The number of phosphoric acid groups is 1. The number of H-pyrrole nitrogens is 1. The first-order chi connectivity index (χ1) is 9.69. The Morgan fingerprint density at radius 3 is 2.62 bits per heavy atom. The van der Waals surface area contributed by atoms with Gasteiger partial charge in [-0.1, -0.05) is 0 Å². The number of nitrogens with one attached hydrogen (secondary N) is 1. The Morgan fingerprint density at radius 1 is 1.38 bits per heavy atom. The third-order valence-corrected chi connectivity index (χ3v) is 3.21. The smallest absolute Gasteiger partial charge is 0.387 e. The van der Waals surface area contributed by atoms with E-state index in [2.05, 4.69) is 9.62 Å². The third-order valence-electron chi connectivity index (χ3n) is 2.72. The minimum Gasteiger partial charge on any atom is -0.387 e. The van der Waals surface area contributed by atoms with Gasteiger partial charge in [0.2, 0.25) is 0 Å². The van der Waals surface area contributed by atoms with Crippen LogP contribution in [0.1, 0.15) is 6.23 Å². The van der Waals surface area contributed by atoms with Gasteiger partial charge in [-0.05, 0) is 0 Å². The molecule has 0 spiro atoms. The van der Waals surface area contributed by atoms with Gasteiger partial charge < -0.3 is 24.7 Å². The molecule has 2 rings (SSSR count). The number of hydrogen-bond acceptors (Lipinski definition) is 8. The van der Waals surface area contributed by atoms with Crippen molar-refractivity contribution < 1.29 is 33.8 Å². The molecule has 1 fully saturated rings. The molecule has 0 saturated carbocycles. The van der Waals surface area contributed by atoms with E-state index in [1.807, 2.05) is 4.98 Å². The first-order valence-electron chi connectivity index (χ1n) is 5.59. The van der Waals surface area contributed by atoms with Gasteiger partial charge in [-0.15, -0.1) is 0 Å². The van der Waals surface area contributed by atoms with Crippen molar-refractivity contribution in [2.45, 2.75) is 24.5 Å². The van der Waals surface area contributed by atoms with Crippen LogP contribution in [-0.4, -0.2) is 59.7 Å². The zero-order valence-electron chi connectivity index (χ0n) is 10.3. The van der Waals surface area contributed by atoms with Gasteiger partial charge in [0, 0.05) is 0 Å². The van der Waals surface area contributed by atoms with Crippen LogP contribution in [0.4, 0.5) is 0 Å². The number of phosphoric ester groups is 1. The van der Waals surface area contributed by atoms with Crippen LogP contribution in [0.15, 0.2) is 15.8 Å². The topological polar surface area (TPSA) is 184 Å². The number of aliphatic hydroxyl groups excluding tert-OH is 2. The zero-order valence-corrected chi connectivity index (χ0v) is 11.2. The zero-order chi connectivity index (χ0) is 15.8. The maximum absolute atomic E-state index is 11.5. The first kappa shape index (κ1) is 16.0. The van der Waals surface area contributed by atoms with Crippen LogP contribution in [0, 0.1) is 0 Å². The summed E-state index contributed by atoms with van der Waals surface area (Å²) in [4.78, 5) is 41.4. The Kier molecular flexibility index (Phi) is 4.39. The number of aliphatic hydroxyl groups is 2. The Labute approximate surface area is 115 Å². The predicted octanol–water partition coefficient (Wildman–Crippen LogP) is -3.34. The summed E-state index contributed by atoms with van der Waals surface area (Å²) in [6, 6.07) is 0. The fourth-order valence-electron chi connectivity index (χ4n) is 1.78. The second kappa shape index (κ2) is 5.77. The number of nitrogens with zero attached hydrogens (tertiary/aromatic N) is 2. The summed E-state index contributed by atoms with van der Waals surface area (Å²) in [5, 5.41) is 23.0. The van der Waals surface area contributed by atoms with Gasteiger partial charge in [0.1, 0.15) is 24.5 Å². The number of aromatic amines is 1. The van der Waals surface area contributed by atoms with Crippen LogP contribution in [0.3, 0.4) is 0 Å². The number of ether oxygens (including phenoxy) is 1. The highest BCUT2D eigenvalue weighted by Gasteiger charge is 2.45. The Balaban J connectivity index is 2.18. The number of hydrogen-bond donors (Lipinski definition) is 5. The molecule has 21 heavy (non-hydrogen) atoms. The molecule has 13 heteroatoms. The van der Waals surface area contributed by atoms with E-state index in [4.69, 9.17) is 14.5 Å². The van der Waals surface area contributed by atoms with Gasteiger partial charge in [-0.2, -0.15) is 9.78 Å². The quantitative estimate of drug-likeness (QED) is 0.350. The molecule has 0 bridgehead atoms. The molecule has 2 heterocycles. The molecule has 118 valence electrons. The molecular weight excluding hydrogens is 313 g/mol. The average Bonchev–Trinajstić information content (AvgIpc) is 2.64. The summed E-state index contributed by atoms with van der Waals surface area (Å²) < 4.78 is 20.4. The van der Waals surface area contributed by atoms with Crippen molar-refractivity contribution in [2.24, 2.45) is 0 Å². The highest BCUT2D eigenvalue weighted by molar-refractivity contribution is 7.46. The minimum absolute atomic E-state index is 0.590.